The highest BCUT2D eigenvalue weighted by Gasteiger charge is 2.04. The molecule has 0 unspecified atom stereocenters. The van der Waals surface area contributed by atoms with Gasteiger partial charge < -0.3 is 0 Å². The van der Waals surface area contributed by atoms with Gasteiger partial charge >= 0.3 is 0 Å². The molecule has 0 radical (unpaired) electrons. The summed E-state index contributed by atoms with van der Waals surface area (Å²) < 4.78 is 0.922. The second-order valence-electron chi connectivity index (χ2n) is 3.36. The van der Waals surface area contributed by atoms with E-state index in [9.17, 15) is 0 Å². The van der Waals surface area contributed by atoms with Gasteiger partial charge in [0, 0.05) is 11.1 Å². The van der Waals surface area contributed by atoms with Crippen LogP contribution >= 0.6 is 39.3 Å². The second kappa shape index (κ2) is 5.21. The molecular weight excluding hydrogens is 306 g/mol. The van der Waals surface area contributed by atoms with Gasteiger partial charge in [-0.05, 0) is 41.1 Å². The number of halogens is 2. The van der Waals surface area contributed by atoms with Gasteiger partial charge in [-0.25, -0.2) is 4.98 Å². The first-order chi connectivity index (χ1) is 7.65. The van der Waals surface area contributed by atoms with Crippen LogP contribution in [-0.2, 0) is 0 Å². The van der Waals surface area contributed by atoms with Gasteiger partial charge in [-0.3, -0.25) is 0 Å². The van der Waals surface area contributed by atoms with Gasteiger partial charge in [-0.2, -0.15) is 0 Å². The molecule has 1 aromatic heterocycles. The van der Waals surface area contributed by atoms with Crippen LogP contribution in [0.25, 0.3) is 0 Å². The van der Waals surface area contributed by atoms with Crippen molar-refractivity contribution >= 4 is 39.3 Å². The average Bonchev–Trinajstić information content (AvgIpc) is 2.25. The molecule has 0 aliphatic carbocycles. The Bertz CT molecular complexity index is 499. The third-order valence-electron chi connectivity index (χ3n) is 2.01. The number of aromatic nitrogens is 1. The Hall–Kier alpha value is -0.510. The standard InChI is InChI=1S/C12H9BrClNS/c1-8-2-4-10(5-3-8)16-12-11(13)6-9(14)7-15-12/h2-7H,1H3. The lowest BCUT2D eigenvalue weighted by Crippen LogP contribution is -1.82. The highest BCUT2D eigenvalue weighted by molar-refractivity contribution is 9.10. The normalized spacial score (nSPS) is 10.4. The van der Waals surface area contributed by atoms with Crippen molar-refractivity contribution in [3.05, 3.63) is 51.6 Å². The van der Waals surface area contributed by atoms with E-state index in [-0.39, 0.29) is 0 Å². The topological polar surface area (TPSA) is 12.9 Å². The Kier molecular flexibility index (Phi) is 3.90. The summed E-state index contributed by atoms with van der Waals surface area (Å²) in [6.45, 7) is 2.07. The van der Waals surface area contributed by atoms with Crippen LogP contribution in [0.15, 0.2) is 50.9 Å². The molecule has 0 aliphatic heterocycles. The Morgan fingerprint density at radius 3 is 2.56 bits per heavy atom. The molecule has 0 amide bonds. The van der Waals surface area contributed by atoms with Crippen molar-refractivity contribution in [2.75, 3.05) is 0 Å². The van der Waals surface area contributed by atoms with Crippen molar-refractivity contribution in [2.24, 2.45) is 0 Å². The largest absolute Gasteiger partial charge is 0.247 e. The van der Waals surface area contributed by atoms with Gasteiger partial charge in [0.15, 0.2) is 0 Å². The lowest BCUT2D eigenvalue weighted by molar-refractivity contribution is 1.11. The maximum Gasteiger partial charge on any atom is 0.115 e. The van der Waals surface area contributed by atoms with E-state index in [0.29, 0.717) is 5.02 Å². The van der Waals surface area contributed by atoms with Gasteiger partial charge in [0.25, 0.3) is 0 Å². The average molecular weight is 315 g/mol. The molecule has 1 nitrogen and oxygen atoms in total. The van der Waals surface area contributed by atoms with E-state index in [1.165, 1.54) is 10.5 Å². The molecule has 1 aromatic carbocycles. The van der Waals surface area contributed by atoms with E-state index in [2.05, 4.69) is 52.1 Å². The van der Waals surface area contributed by atoms with Crippen molar-refractivity contribution in [2.45, 2.75) is 16.8 Å². The van der Waals surface area contributed by atoms with Crippen LogP contribution in [0.1, 0.15) is 5.56 Å². The van der Waals surface area contributed by atoms with Gasteiger partial charge in [-0.1, -0.05) is 41.1 Å². The zero-order valence-electron chi connectivity index (χ0n) is 8.58. The molecule has 0 spiro atoms. The second-order valence-corrected chi connectivity index (χ2v) is 5.71. The number of hydrogen-bond donors (Lipinski definition) is 0. The first kappa shape index (κ1) is 12.0. The van der Waals surface area contributed by atoms with Crippen LogP contribution in [0.3, 0.4) is 0 Å². The Labute approximate surface area is 112 Å². The summed E-state index contributed by atoms with van der Waals surface area (Å²) in [5.74, 6) is 0. The molecule has 2 aromatic rings. The fraction of sp³-hybridized carbons (Fsp3) is 0.0833. The zero-order valence-corrected chi connectivity index (χ0v) is 11.7. The molecule has 0 atom stereocenters. The monoisotopic (exact) mass is 313 g/mol. The Morgan fingerprint density at radius 1 is 1.25 bits per heavy atom. The van der Waals surface area contributed by atoms with E-state index < -0.39 is 0 Å². The maximum absolute atomic E-state index is 5.84. The third-order valence-corrected chi connectivity index (χ3v) is 4.11. The number of aryl methyl sites for hydroxylation is 1. The minimum absolute atomic E-state index is 0.639. The Balaban J connectivity index is 2.23. The smallest absolute Gasteiger partial charge is 0.115 e. The summed E-state index contributed by atoms with van der Waals surface area (Å²) in [4.78, 5) is 5.45. The zero-order chi connectivity index (χ0) is 11.5. The third kappa shape index (κ3) is 3.00. The summed E-state index contributed by atoms with van der Waals surface area (Å²) in [6.07, 6.45) is 1.66. The fourth-order valence-corrected chi connectivity index (χ4v) is 2.83. The van der Waals surface area contributed by atoms with Crippen LogP contribution in [0.4, 0.5) is 0 Å². The molecule has 0 saturated carbocycles. The number of nitrogens with zero attached hydrogens (tertiary/aromatic N) is 1. The van der Waals surface area contributed by atoms with E-state index in [4.69, 9.17) is 11.6 Å². The van der Waals surface area contributed by atoms with Gasteiger partial charge in [0.2, 0.25) is 0 Å². The molecule has 1 heterocycles. The number of rotatable bonds is 2. The predicted octanol–water partition coefficient (Wildman–Crippen LogP) is 4.96. The number of hydrogen-bond acceptors (Lipinski definition) is 2. The first-order valence-corrected chi connectivity index (χ1v) is 6.69. The highest BCUT2D eigenvalue weighted by atomic mass is 79.9. The van der Waals surface area contributed by atoms with E-state index in [1.807, 2.05) is 6.07 Å². The van der Waals surface area contributed by atoms with Gasteiger partial charge in [0.05, 0.1) is 9.50 Å². The molecule has 0 bridgehead atoms. The van der Waals surface area contributed by atoms with Crippen molar-refractivity contribution in [3.63, 3.8) is 0 Å². The van der Waals surface area contributed by atoms with Crippen LogP contribution in [-0.4, -0.2) is 4.98 Å². The molecule has 0 aliphatic rings. The molecule has 82 valence electrons. The SMILES string of the molecule is Cc1ccc(Sc2ncc(Cl)cc2Br)cc1. The predicted molar refractivity (Wildman–Crippen MR) is 72.2 cm³/mol. The quantitative estimate of drug-likeness (QED) is 0.777. The van der Waals surface area contributed by atoms with Gasteiger partial charge in [-0.15, -0.1) is 0 Å². The van der Waals surface area contributed by atoms with Crippen LogP contribution < -0.4 is 0 Å². The first-order valence-electron chi connectivity index (χ1n) is 4.71. The minimum Gasteiger partial charge on any atom is -0.247 e. The van der Waals surface area contributed by atoms with Gasteiger partial charge in [0.1, 0.15) is 5.03 Å². The van der Waals surface area contributed by atoms with Crippen molar-refractivity contribution < 1.29 is 0 Å². The molecule has 16 heavy (non-hydrogen) atoms. The molecule has 0 saturated heterocycles. The molecule has 0 fully saturated rings. The van der Waals surface area contributed by atoms with E-state index in [0.717, 1.165) is 9.50 Å². The summed E-state index contributed by atoms with van der Waals surface area (Å²) in [7, 11) is 0. The lowest BCUT2D eigenvalue weighted by atomic mass is 10.2. The number of pyridine rings is 1. The molecule has 0 N–H and O–H groups in total. The fourth-order valence-electron chi connectivity index (χ4n) is 1.20. The van der Waals surface area contributed by atoms with Crippen LogP contribution in [0, 0.1) is 6.92 Å². The van der Waals surface area contributed by atoms with Crippen LogP contribution in [0.5, 0.6) is 0 Å². The summed E-state index contributed by atoms with van der Waals surface area (Å²) >= 11 is 10.9. The number of benzene rings is 1. The highest BCUT2D eigenvalue weighted by Crippen LogP contribution is 2.32. The molecule has 2 rings (SSSR count). The Morgan fingerprint density at radius 2 is 1.94 bits per heavy atom. The molecular formula is C12H9BrClNS. The summed E-state index contributed by atoms with van der Waals surface area (Å²) in [5, 5.41) is 1.56. The summed E-state index contributed by atoms with van der Waals surface area (Å²) in [5.41, 5.74) is 1.26. The van der Waals surface area contributed by atoms with Crippen molar-refractivity contribution in [3.8, 4) is 0 Å². The maximum atomic E-state index is 5.84. The van der Waals surface area contributed by atoms with E-state index in [1.54, 1.807) is 18.0 Å². The van der Waals surface area contributed by atoms with Crippen molar-refractivity contribution in [1.29, 1.82) is 0 Å². The molecule has 4 heteroatoms. The minimum atomic E-state index is 0.639. The van der Waals surface area contributed by atoms with E-state index >= 15 is 0 Å². The lowest BCUT2D eigenvalue weighted by Gasteiger charge is -2.03. The summed E-state index contributed by atoms with van der Waals surface area (Å²) in [6, 6.07) is 10.2. The van der Waals surface area contributed by atoms with Crippen molar-refractivity contribution in [1.82, 2.24) is 4.98 Å². The van der Waals surface area contributed by atoms with Crippen LogP contribution in [0.2, 0.25) is 5.02 Å².